The summed E-state index contributed by atoms with van der Waals surface area (Å²) in [5.74, 6) is 1.86. The maximum atomic E-state index is 14.1. The van der Waals surface area contributed by atoms with Crippen molar-refractivity contribution in [2.75, 3.05) is 0 Å². The number of hydrogen-bond donors (Lipinski definition) is 2. The Morgan fingerprint density at radius 1 is 1.11 bits per heavy atom. The average molecular weight is 484 g/mol. The maximum Gasteiger partial charge on any atom is 0.408 e. The molecule has 0 aromatic heterocycles. The predicted octanol–water partition coefficient (Wildman–Crippen LogP) is 4.55. The SMILES string of the molecule is C#Cc1ccc(C(C(=O)NC(C)(C)C)N(C(=O)C(NC(=O)OC(C)(C)C)C(C)CC)C2CC2)cc1. The molecule has 1 saturated carbocycles. The van der Waals surface area contributed by atoms with E-state index in [1.807, 2.05) is 34.6 Å². The summed E-state index contributed by atoms with van der Waals surface area (Å²) in [5.41, 5.74) is 0.178. The van der Waals surface area contributed by atoms with Crippen LogP contribution in [-0.2, 0) is 14.3 Å². The van der Waals surface area contributed by atoms with Crippen molar-refractivity contribution in [3.63, 3.8) is 0 Å². The molecule has 2 N–H and O–H groups in total. The third kappa shape index (κ3) is 8.31. The van der Waals surface area contributed by atoms with Gasteiger partial charge in [0.15, 0.2) is 0 Å². The molecule has 1 aliphatic carbocycles. The number of ether oxygens (including phenoxy) is 1. The van der Waals surface area contributed by atoms with Gasteiger partial charge < -0.3 is 20.3 Å². The number of benzene rings is 1. The monoisotopic (exact) mass is 483 g/mol. The van der Waals surface area contributed by atoms with Gasteiger partial charge >= 0.3 is 6.09 Å². The number of hydrogen-bond acceptors (Lipinski definition) is 4. The van der Waals surface area contributed by atoms with Crippen LogP contribution >= 0.6 is 0 Å². The van der Waals surface area contributed by atoms with Crippen LogP contribution in [0.4, 0.5) is 4.79 Å². The molecule has 1 aliphatic rings. The molecule has 0 radical (unpaired) electrons. The quantitative estimate of drug-likeness (QED) is 0.531. The molecule has 35 heavy (non-hydrogen) atoms. The van der Waals surface area contributed by atoms with Gasteiger partial charge in [0.1, 0.15) is 17.7 Å². The zero-order valence-electron chi connectivity index (χ0n) is 22.4. The fraction of sp³-hybridized carbons (Fsp3) is 0.607. The molecule has 0 bridgehead atoms. The molecule has 3 atom stereocenters. The lowest BCUT2D eigenvalue weighted by atomic mass is 9.95. The van der Waals surface area contributed by atoms with Crippen LogP contribution < -0.4 is 10.6 Å². The van der Waals surface area contributed by atoms with E-state index in [4.69, 9.17) is 11.2 Å². The number of carbonyl (C=O) groups excluding carboxylic acids is 3. The molecular weight excluding hydrogens is 442 g/mol. The second kappa shape index (κ2) is 11.2. The highest BCUT2D eigenvalue weighted by Gasteiger charge is 2.45. The van der Waals surface area contributed by atoms with Gasteiger partial charge in [-0.1, -0.05) is 38.3 Å². The average Bonchev–Trinajstić information content (AvgIpc) is 3.57. The molecule has 0 aliphatic heterocycles. The summed E-state index contributed by atoms with van der Waals surface area (Å²) < 4.78 is 5.43. The van der Waals surface area contributed by atoms with Crippen LogP contribution in [-0.4, -0.2) is 46.0 Å². The van der Waals surface area contributed by atoms with E-state index < -0.39 is 29.3 Å². The van der Waals surface area contributed by atoms with Crippen molar-refractivity contribution in [1.82, 2.24) is 15.5 Å². The van der Waals surface area contributed by atoms with Gasteiger partial charge in [-0.25, -0.2) is 4.79 Å². The molecule has 1 aromatic rings. The van der Waals surface area contributed by atoms with Crippen molar-refractivity contribution in [2.45, 2.75) is 104 Å². The molecule has 0 saturated heterocycles. The molecule has 1 fully saturated rings. The largest absolute Gasteiger partial charge is 0.444 e. The van der Waals surface area contributed by atoms with E-state index in [1.165, 1.54) is 0 Å². The van der Waals surface area contributed by atoms with E-state index >= 15 is 0 Å². The molecule has 3 unspecified atom stereocenters. The summed E-state index contributed by atoms with van der Waals surface area (Å²) in [6.07, 6.45) is 7.13. The fourth-order valence-electron chi connectivity index (χ4n) is 3.79. The number of nitrogens with zero attached hydrogens (tertiary/aromatic N) is 1. The molecule has 3 amide bonds. The topological polar surface area (TPSA) is 87.7 Å². The van der Waals surface area contributed by atoms with Crippen LogP contribution in [0.2, 0.25) is 0 Å². The van der Waals surface area contributed by atoms with Crippen LogP contribution in [0.15, 0.2) is 24.3 Å². The normalized spacial score (nSPS) is 16.3. The Hall–Kier alpha value is -3.01. The highest BCUT2D eigenvalue weighted by molar-refractivity contribution is 5.93. The first-order valence-corrected chi connectivity index (χ1v) is 12.4. The number of nitrogens with one attached hydrogen (secondary N) is 2. The first kappa shape index (κ1) is 28.2. The summed E-state index contributed by atoms with van der Waals surface area (Å²) in [4.78, 5) is 42.0. The van der Waals surface area contributed by atoms with Crippen molar-refractivity contribution in [3.8, 4) is 12.3 Å². The van der Waals surface area contributed by atoms with Crippen LogP contribution in [0.1, 0.15) is 91.8 Å². The summed E-state index contributed by atoms with van der Waals surface area (Å²) in [5, 5.41) is 5.82. The lowest BCUT2D eigenvalue weighted by Crippen LogP contribution is -2.57. The van der Waals surface area contributed by atoms with Crippen LogP contribution in [0.5, 0.6) is 0 Å². The lowest BCUT2D eigenvalue weighted by Gasteiger charge is -2.37. The molecule has 2 rings (SSSR count). The number of alkyl carbamates (subject to hydrolysis) is 1. The summed E-state index contributed by atoms with van der Waals surface area (Å²) >= 11 is 0. The van der Waals surface area contributed by atoms with Crippen molar-refractivity contribution in [3.05, 3.63) is 35.4 Å². The second-order valence-corrected chi connectivity index (χ2v) is 11.4. The third-order valence-corrected chi connectivity index (χ3v) is 5.76. The van der Waals surface area contributed by atoms with E-state index in [1.54, 1.807) is 49.9 Å². The van der Waals surface area contributed by atoms with Gasteiger partial charge in [-0.2, -0.15) is 0 Å². The number of carbonyl (C=O) groups is 3. The number of terminal acetylenes is 1. The first-order chi connectivity index (χ1) is 16.2. The van der Waals surface area contributed by atoms with Gasteiger partial charge in [0, 0.05) is 17.1 Å². The molecular formula is C28H41N3O4. The van der Waals surface area contributed by atoms with Gasteiger partial charge in [0.05, 0.1) is 0 Å². The maximum absolute atomic E-state index is 14.1. The smallest absolute Gasteiger partial charge is 0.408 e. The van der Waals surface area contributed by atoms with Crippen molar-refractivity contribution < 1.29 is 19.1 Å². The second-order valence-electron chi connectivity index (χ2n) is 11.4. The minimum atomic E-state index is -0.854. The van der Waals surface area contributed by atoms with E-state index in [0.29, 0.717) is 17.5 Å². The Morgan fingerprint density at radius 3 is 2.11 bits per heavy atom. The van der Waals surface area contributed by atoms with Crippen molar-refractivity contribution in [2.24, 2.45) is 5.92 Å². The van der Waals surface area contributed by atoms with E-state index in [9.17, 15) is 14.4 Å². The van der Waals surface area contributed by atoms with E-state index in [-0.39, 0.29) is 23.8 Å². The Kier molecular flexibility index (Phi) is 9.00. The predicted molar refractivity (Wildman–Crippen MR) is 137 cm³/mol. The van der Waals surface area contributed by atoms with Gasteiger partial charge in [-0.05, 0) is 78.0 Å². The van der Waals surface area contributed by atoms with E-state index in [2.05, 4.69) is 16.6 Å². The Morgan fingerprint density at radius 2 is 1.69 bits per heavy atom. The highest BCUT2D eigenvalue weighted by Crippen LogP contribution is 2.36. The van der Waals surface area contributed by atoms with Crippen molar-refractivity contribution >= 4 is 17.9 Å². The standard InChI is InChI=1S/C28H41N3O4/c1-10-18(3)22(29-26(34)35-28(7,8)9)25(33)31(21-16-17-21)23(24(32)30-27(4,5)6)20-14-12-19(11-2)13-15-20/h2,12-15,18,21-23H,10,16-17H2,1,3-9H3,(H,29,34)(H,30,32). The van der Waals surface area contributed by atoms with Crippen LogP contribution in [0.3, 0.4) is 0 Å². The van der Waals surface area contributed by atoms with Gasteiger partial charge in [-0.15, -0.1) is 6.42 Å². The first-order valence-electron chi connectivity index (χ1n) is 12.4. The zero-order valence-corrected chi connectivity index (χ0v) is 22.4. The number of rotatable bonds is 8. The van der Waals surface area contributed by atoms with Crippen molar-refractivity contribution in [1.29, 1.82) is 0 Å². The molecule has 0 spiro atoms. The summed E-state index contributed by atoms with van der Waals surface area (Å²) in [6, 6.07) is 5.37. The van der Waals surface area contributed by atoms with E-state index in [0.717, 1.165) is 12.8 Å². The van der Waals surface area contributed by atoms with Crippen LogP contribution in [0.25, 0.3) is 0 Å². The molecule has 7 nitrogen and oxygen atoms in total. The molecule has 0 heterocycles. The summed E-state index contributed by atoms with van der Waals surface area (Å²) in [6.45, 7) is 14.9. The minimum absolute atomic E-state index is 0.0856. The van der Waals surface area contributed by atoms with Gasteiger partial charge in [0.25, 0.3) is 0 Å². The third-order valence-electron chi connectivity index (χ3n) is 5.76. The minimum Gasteiger partial charge on any atom is -0.444 e. The Labute approximate surface area is 210 Å². The Bertz CT molecular complexity index is 946. The van der Waals surface area contributed by atoms with Gasteiger partial charge in [0.2, 0.25) is 11.8 Å². The zero-order chi connectivity index (χ0) is 26.6. The summed E-state index contributed by atoms with van der Waals surface area (Å²) in [7, 11) is 0. The molecule has 1 aromatic carbocycles. The molecule has 7 heteroatoms. The highest BCUT2D eigenvalue weighted by atomic mass is 16.6. The number of amides is 3. The van der Waals surface area contributed by atoms with Crippen LogP contribution in [0, 0.1) is 18.3 Å². The molecule has 192 valence electrons. The fourth-order valence-corrected chi connectivity index (χ4v) is 3.79. The lowest BCUT2D eigenvalue weighted by molar-refractivity contribution is -0.144. The Balaban J connectivity index is 2.49. The van der Waals surface area contributed by atoms with Gasteiger partial charge in [-0.3, -0.25) is 9.59 Å².